The summed E-state index contributed by atoms with van der Waals surface area (Å²) in [6.45, 7) is 4.28. The molecule has 3 rings (SSSR count). The molecule has 0 atom stereocenters. The third-order valence-electron chi connectivity index (χ3n) is 3.81. The first-order valence-electron chi connectivity index (χ1n) is 8.08. The van der Waals surface area contributed by atoms with E-state index < -0.39 is 0 Å². The molecule has 0 saturated heterocycles. The zero-order valence-electron chi connectivity index (χ0n) is 14.1. The van der Waals surface area contributed by atoms with Crippen LogP contribution in [0.25, 0.3) is 5.69 Å². The number of benzene rings is 1. The van der Waals surface area contributed by atoms with Gasteiger partial charge in [0.15, 0.2) is 0 Å². The van der Waals surface area contributed by atoms with Gasteiger partial charge in [-0.15, -0.1) is 0 Å². The first-order valence-corrected chi connectivity index (χ1v) is 8.08. The molecule has 0 fully saturated rings. The predicted octanol–water partition coefficient (Wildman–Crippen LogP) is 3.46. The number of carbonyl (C=O) groups is 1. The predicted molar refractivity (Wildman–Crippen MR) is 93.0 cm³/mol. The lowest BCUT2D eigenvalue weighted by Gasteiger charge is -2.13. The van der Waals surface area contributed by atoms with Crippen LogP contribution in [-0.4, -0.2) is 20.7 Å². The molecule has 128 valence electrons. The Kier molecular flexibility index (Phi) is 4.88. The Morgan fingerprint density at radius 1 is 1.24 bits per heavy atom. The Bertz CT molecular complexity index is 874. The lowest BCUT2D eigenvalue weighted by molar-refractivity contribution is 0.0949. The third-order valence-corrected chi connectivity index (χ3v) is 3.81. The van der Waals surface area contributed by atoms with Gasteiger partial charge in [-0.25, -0.2) is 9.07 Å². The van der Waals surface area contributed by atoms with Crippen molar-refractivity contribution in [2.75, 3.05) is 0 Å². The minimum atomic E-state index is -0.344. The summed E-state index contributed by atoms with van der Waals surface area (Å²) in [5.74, 6) is -0.526. The van der Waals surface area contributed by atoms with Gasteiger partial charge in [-0.3, -0.25) is 9.78 Å². The number of nitrogens with zero attached hydrogens (tertiary/aromatic N) is 3. The van der Waals surface area contributed by atoms with Crippen LogP contribution in [0.5, 0.6) is 0 Å². The number of carbonyl (C=O) groups excluding carboxylic acids is 1. The lowest BCUT2D eigenvalue weighted by Crippen LogP contribution is -2.24. The Morgan fingerprint density at radius 3 is 2.76 bits per heavy atom. The van der Waals surface area contributed by atoms with Gasteiger partial charge in [0.25, 0.3) is 5.91 Å². The molecule has 0 radical (unpaired) electrons. The van der Waals surface area contributed by atoms with Gasteiger partial charge in [0, 0.05) is 6.20 Å². The van der Waals surface area contributed by atoms with Crippen LogP contribution in [0.2, 0.25) is 0 Å². The van der Waals surface area contributed by atoms with Crippen LogP contribution in [0, 0.1) is 5.82 Å². The van der Waals surface area contributed by atoms with Crippen LogP contribution < -0.4 is 5.32 Å². The van der Waals surface area contributed by atoms with Crippen molar-refractivity contribution in [3.63, 3.8) is 0 Å². The summed E-state index contributed by atoms with van der Waals surface area (Å²) < 4.78 is 15.1. The number of hydrogen-bond acceptors (Lipinski definition) is 3. The van der Waals surface area contributed by atoms with E-state index in [4.69, 9.17) is 0 Å². The van der Waals surface area contributed by atoms with E-state index in [-0.39, 0.29) is 17.6 Å². The number of halogens is 1. The SMILES string of the molecule is CC(C)c1c(C(=O)NCc2ccccn2)cnn1-c1cccc(F)c1. The van der Waals surface area contributed by atoms with Crippen molar-refractivity contribution in [2.24, 2.45) is 0 Å². The Morgan fingerprint density at radius 2 is 2.08 bits per heavy atom. The Hall–Kier alpha value is -3.02. The Labute approximate surface area is 145 Å². The summed E-state index contributed by atoms with van der Waals surface area (Å²) in [5, 5.41) is 7.16. The average Bonchev–Trinajstić information content (AvgIpc) is 3.06. The van der Waals surface area contributed by atoms with E-state index in [1.807, 2.05) is 32.0 Å². The molecule has 1 aromatic carbocycles. The van der Waals surface area contributed by atoms with Crippen LogP contribution in [0.4, 0.5) is 4.39 Å². The van der Waals surface area contributed by atoms with Gasteiger partial charge in [-0.1, -0.05) is 26.0 Å². The third kappa shape index (κ3) is 3.74. The molecule has 6 heteroatoms. The molecule has 0 spiro atoms. The number of pyridine rings is 1. The van der Waals surface area contributed by atoms with E-state index in [2.05, 4.69) is 15.4 Å². The fourth-order valence-electron chi connectivity index (χ4n) is 2.67. The molecular weight excluding hydrogens is 319 g/mol. The molecule has 0 saturated carbocycles. The first kappa shape index (κ1) is 16.8. The van der Waals surface area contributed by atoms with E-state index in [1.165, 1.54) is 18.3 Å². The molecule has 0 aliphatic heterocycles. The molecule has 0 unspecified atom stereocenters. The maximum Gasteiger partial charge on any atom is 0.255 e. The molecule has 1 amide bonds. The zero-order valence-corrected chi connectivity index (χ0v) is 14.1. The fourth-order valence-corrected chi connectivity index (χ4v) is 2.67. The number of rotatable bonds is 5. The van der Waals surface area contributed by atoms with Crippen LogP contribution in [0.15, 0.2) is 54.9 Å². The largest absolute Gasteiger partial charge is 0.346 e. The van der Waals surface area contributed by atoms with Gasteiger partial charge in [0.05, 0.1) is 35.4 Å². The first-order chi connectivity index (χ1) is 12.1. The number of amides is 1. The van der Waals surface area contributed by atoms with Crippen molar-refractivity contribution < 1.29 is 9.18 Å². The standard InChI is InChI=1S/C19H19FN4O/c1-13(2)18-17(19(25)22-11-15-7-3-4-9-21-15)12-23-24(18)16-8-5-6-14(20)10-16/h3-10,12-13H,11H2,1-2H3,(H,22,25). The lowest BCUT2D eigenvalue weighted by atomic mass is 10.0. The molecule has 5 nitrogen and oxygen atoms in total. The fraction of sp³-hybridized carbons (Fsp3) is 0.211. The highest BCUT2D eigenvalue weighted by atomic mass is 19.1. The number of aromatic nitrogens is 3. The van der Waals surface area contributed by atoms with Crippen molar-refractivity contribution in [3.8, 4) is 5.69 Å². The second-order valence-electron chi connectivity index (χ2n) is 5.99. The van der Waals surface area contributed by atoms with Crippen LogP contribution in [0.3, 0.4) is 0 Å². The maximum atomic E-state index is 13.5. The van der Waals surface area contributed by atoms with Crippen molar-refractivity contribution in [1.82, 2.24) is 20.1 Å². The van der Waals surface area contributed by atoms with Crippen molar-refractivity contribution in [2.45, 2.75) is 26.3 Å². The molecule has 0 bridgehead atoms. The van der Waals surface area contributed by atoms with Crippen molar-refractivity contribution in [3.05, 3.63) is 77.6 Å². The van der Waals surface area contributed by atoms with E-state index in [9.17, 15) is 9.18 Å². The van der Waals surface area contributed by atoms with E-state index in [0.29, 0.717) is 17.8 Å². The topological polar surface area (TPSA) is 59.8 Å². The van der Waals surface area contributed by atoms with Crippen molar-refractivity contribution >= 4 is 5.91 Å². The highest BCUT2D eigenvalue weighted by Gasteiger charge is 2.21. The molecule has 25 heavy (non-hydrogen) atoms. The maximum absolute atomic E-state index is 13.5. The highest BCUT2D eigenvalue weighted by molar-refractivity contribution is 5.95. The molecule has 0 aliphatic rings. The summed E-state index contributed by atoms with van der Waals surface area (Å²) >= 11 is 0. The smallest absolute Gasteiger partial charge is 0.255 e. The number of hydrogen-bond donors (Lipinski definition) is 1. The normalized spacial score (nSPS) is 10.9. The van der Waals surface area contributed by atoms with Crippen molar-refractivity contribution in [1.29, 1.82) is 0 Å². The summed E-state index contributed by atoms with van der Waals surface area (Å²) in [5.41, 5.74) is 2.59. The average molecular weight is 338 g/mol. The van der Waals surface area contributed by atoms with Gasteiger partial charge >= 0.3 is 0 Å². The van der Waals surface area contributed by atoms with Crippen LogP contribution >= 0.6 is 0 Å². The van der Waals surface area contributed by atoms with E-state index in [0.717, 1.165) is 11.4 Å². The van der Waals surface area contributed by atoms with E-state index >= 15 is 0 Å². The second-order valence-corrected chi connectivity index (χ2v) is 5.99. The van der Waals surface area contributed by atoms with E-state index in [1.54, 1.807) is 23.0 Å². The quantitative estimate of drug-likeness (QED) is 0.775. The molecule has 2 heterocycles. The molecule has 2 aromatic heterocycles. The van der Waals surface area contributed by atoms with Crippen LogP contribution in [-0.2, 0) is 6.54 Å². The zero-order chi connectivity index (χ0) is 17.8. The Balaban J connectivity index is 1.87. The molecule has 0 aliphatic carbocycles. The molecular formula is C19H19FN4O. The summed E-state index contributed by atoms with van der Waals surface area (Å²) in [7, 11) is 0. The summed E-state index contributed by atoms with van der Waals surface area (Å²) in [6.07, 6.45) is 3.21. The molecule has 1 N–H and O–H groups in total. The van der Waals surface area contributed by atoms with Gasteiger partial charge in [0.2, 0.25) is 0 Å². The van der Waals surface area contributed by atoms with Gasteiger partial charge in [0.1, 0.15) is 5.82 Å². The van der Waals surface area contributed by atoms with Crippen LogP contribution in [0.1, 0.15) is 41.5 Å². The van der Waals surface area contributed by atoms with Gasteiger partial charge in [-0.2, -0.15) is 5.10 Å². The monoisotopic (exact) mass is 338 g/mol. The minimum Gasteiger partial charge on any atom is -0.346 e. The van der Waals surface area contributed by atoms with Gasteiger partial charge < -0.3 is 5.32 Å². The molecule has 3 aromatic rings. The highest BCUT2D eigenvalue weighted by Crippen LogP contribution is 2.23. The van der Waals surface area contributed by atoms with Gasteiger partial charge in [-0.05, 0) is 36.2 Å². The minimum absolute atomic E-state index is 0.0429. The second kappa shape index (κ2) is 7.25. The number of nitrogens with one attached hydrogen (secondary N) is 1. The summed E-state index contributed by atoms with van der Waals surface area (Å²) in [6, 6.07) is 11.7. The summed E-state index contributed by atoms with van der Waals surface area (Å²) in [4.78, 5) is 16.8.